The summed E-state index contributed by atoms with van der Waals surface area (Å²) in [4.78, 5) is 2.54. The molecule has 21 heavy (non-hydrogen) atoms. The molecule has 0 amide bonds. The zero-order chi connectivity index (χ0) is 15.1. The van der Waals surface area contributed by atoms with Gasteiger partial charge in [0.15, 0.2) is 0 Å². The normalized spacial score (nSPS) is 18.5. The summed E-state index contributed by atoms with van der Waals surface area (Å²) in [6, 6.07) is 9.39. The molecule has 0 heterocycles. The van der Waals surface area contributed by atoms with Crippen LogP contribution in [0.5, 0.6) is 5.75 Å². The van der Waals surface area contributed by atoms with Crippen LogP contribution in [0, 0.1) is 0 Å². The third-order valence-corrected chi connectivity index (χ3v) is 4.78. The van der Waals surface area contributed by atoms with Gasteiger partial charge in [-0.2, -0.15) is 0 Å². The van der Waals surface area contributed by atoms with Gasteiger partial charge >= 0.3 is 0 Å². The third-order valence-electron chi connectivity index (χ3n) is 4.78. The maximum atomic E-state index is 5.52. The molecule has 0 radical (unpaired) electrons. The fourth-order valence-corrected chi connectivity index (χ4v) is 3.44. The lowest BCUT2D eigenvalue weighted by atomic mass is 10.0. The van der Waals surface area contributed by atoms with Crippen LogP contribution in [0.2, 0.25) is 0 Å². The van der Waals surface area contributed by atoms with Gasteiger partial charge < -0.3 is 15.0 Å². The highest BCUT2D eigenvalue weighted by Crippen LogP contribution is 2.27. The first-order valence-corrected chi connectivity index (χ1v) is 8.26. The number of hydrogen-bond donors (Lipinski definition) is 1. The third kappa shape index (κ3) is 4.45. The molecular formula is C18H30N2O. The molecule has 1 fully saturated rings. The molecule has 1 N–H and O–H groups in total. The van der Waals surface area contributed by atoms with E-state index in [2.05, 4.69) is 29.4 Å². The number of nitrogens with zero attached hydrogens (tertiary/aromatic N) is 1. The van der Waals surface area contributed by atoms with Crippen LogP contribution < -0.4 is 10.1 Å². The second kappa shape index (κ2) is 8.40. The van der Waals surface area contributed by atoms with Crippen molar-refractivity contribution in [2.45, 2.75) is 50.6 Å². The Morgan fingerprint density at radius 1 is 1.19 bits per heavy atom. The molecule has 2 rings (SSSR count). The number of methoxy groups -OCH3 is 1. The van der Waals surface area contributed by atoms with Crippen LogP contribution in [0.25, 0.3) is 0 Å². The van der Waals surface area contributed by atoms with Crippen molar-refractivity contribution >= 4 is 0 Å². The van der Waals surface area contributed by atoms with Gasteiger partial charge in [0.25, 0.3) is 0 Å². The predicted octanol–water partition coefficient (Wildman–Crippen LogP) is 3.61. The van der Waals surface area contributed by atoms with Crippen molar-refractivity contribution < 1.29 is 4.74 Å². The fourth-order valence-electron chi connectivity index (χ4n) is 3.44. The van der Waals surface area contributed by atoms with Gasteiger partial charge in [-0.25, -0.2) is 0 Å². The summed E-state index contributed by atoms with van der Waals surface area (Å²) in [7, 11) is 6.06. The Bertz CT molecular complexity index is 413. The van der Waals surface area contributed by atoms with E-state index in [1.165, 1.54) is 44.1 Å². The molecule has 1 aliphatic rings. The molecule has 1 aliphatic carbocycles. The number of rotatable bonds is 6. The first kappa shape index (κ1) is 16.3. The molecule has 0 aliphatic heterocycles. The highest BCUT2D eigenvalue weighted by atomic mass is 16.5. The van der Waals surface area contributed by atoms with Crippen LogP contribution in [0.3, 0.4) is 0 Å². The number of nitrogens with one attached hydrogen (secondary N) is 1. The highest BCUT2D eigenvalue weighted by Gasteiger charge is 2.21. The van der Waals surface area contributed by atoms with Gasteiger partial charge in [-0.3, -0.25) is 0 Å². The predicted molar refractivity (Wildman–Crippen MR) is 88.9 cm³/mol. The summed E-state index contributed by atoms with van der Waals surface area (Å²) in [5.41, 5.74) is 1.25. The van der Waals surface area contributed by atoms with Crippen molar-refractivity contribution in [3.63, 3.8) is 0 Å². The van der Waals surface area contributed by atoms with Crippen molar-refractivity contribution in [1.29, 1.82) is 0 Å². The fraction of sp³-hybridized carbons (Fsp3) is 0.667. The minimum absolute atomic E-state index is 0.314. The second-order valence-electron chi connectivity index (χ2n) is 6.17. The van der Waals surface area contributed by atoms with E-state index in [0.29, 0.717) is 6.04 Å². The van der Waals surface area contributed by atoms with Crippen LogP contribution in [0.4, 0.5) is 0 Å². The summed E-state index contributed by atoms with van der Waals surface area (Å²) in [6.07, 6.45) is 8.28. The van der Waals surface area contributed by atoms with Gasteiger partial charge in [0, 0.05) is 24.2 Å². The van der Waals surface area contributed by atoms with Gasteiger partial charge in [0.2, 0.25) is 0 Å². The smallest absolute Gasteiger partial charge is 0.123 e. The van der Waals surface area contributed by atoms with Crippen LogP contribution in [-0.2, 0) is 0 Å². The Morgan fingerprint density at radius 2 is 1.86 bits per heavy atom. The Balaban J connectivity index is 2.03. The SMILES string of the molecule is CNC(CN(C)C1CCCCCC1)c1ccccc1OC. The molecule has 0 bridgehead atoms. The van der Waals surface area contributed by atoms with Crippen LogP contribution in [0.15, 0.2) is 24.3 Å². The summed E-state index contributed by atoms with van der Waals surface area (Å²) >= 11 is 0. The Kier molecular flexibility index (Phi) is 6.52. The maximum Gasteiger partial charge on any atom is 0.123 e. The molecule has 3 nitrogen and oxygen atoms in total. The zero-order valence-corrected chi connectivity index (χ0v) is 13.8. The van der Waals surface area contributed by atoms with E-state index in [1.54, 1.807) is 7.11 Å². The lowest BCUT2D eigenvalue weighted by Gasteiger charge is -2.31. The first-order chi connectivity index (χ1) is 10.3. The van der Waals surface area contributed by atoms with Crippen LogP contribution in [-0.4, -0.2) is 38.7 Å². The van der Waals surface area contributed by atoms with Gasteiger partial charge in [-0.1, -0.05) is 43.9 Å². The van der Waals surface area contributed by atoms with Gasteiger partial charge in [0.05, 0.1) is 7.11 Å². The Labute approximate surface area is 129 Å². The quantitative estimate of drug-likeness (QED) is 0.810. The first-order valence-electron chi connectivity index (χ1n) is 8.26. The van der Waals surface area contributed by atoms with Crippen molar-refractivity contribution in [1.82, 2.24) is 10.2 Å². The van der Waals surface area contributed by atoms with E-state index in [1.807, 2.05) is 19.2 Å². The molecular weight excluding hydrogens is 260 g/mol. The molecule has 0 spiro atoms. The molecule has 0 aromatic heterocycles. The summed E-state index contributed by atoms with van der Waals surface area (Å²) in [5, 5.41) is 3.46. The lowest BCUT2D eigenvalue weighted by Crippen LogP contribution is -2.38. The molecule has 1 unspecified atom stereocenters. The van der Waals surface area contributed by atoms with Crippen LogP contribution >= 0.6 is 0 Å². The summed E-state index contributed by atoms with van der Waals surface area (Å²) < 4.78 is 5.52. The van der Waals surface area contributed by atoms with Crippen molar-refractivity contribution in [3.8, 4) is 5.75 Å². The molecule has 1 aromatic carbocycles. The number of benzene rings is 1. The van der Waals surface area contributed by atoms with E-state index < -0.39 is 0 Å². The molecule has 3 heteroatoms. The van der Waals surface area contributed by atoms with Crippen LogP contribution in [0.1, 0.15) is 50.1 Å². The minimum atomic E-state index is 0.314. The van der Waals surface area contributed by atoms with Crippen molar-refractivity contribution in [3.05, 3.63) is 29.8 Å². The van der Waals surface area contributed by atoms with Crippen molar-refractivity contribution in [2.24, 2.45) is 0 Å². The number of ether oxygens (including phenoxy) is 1. The lowest BCUT2D eigenvalue weighted by molar-refractivity contribution is 0.200. The molecule has 0 saturated heterocycles. The van der Waals surface area contributed by atoms with Crippen molar-refractivity contribution in [2.75, 3.05) is 27.7 Å². The second-order valence-corrected chi connectivity index (χ2v) is 6.17. The van der Waals surface area contributed by atoms with E-state index in [9.17, 15) is 0 Å². The standard InChI is InChI=1S/C18H30N2O/c1-19-17(16-12-8-9-13-18(16)21-3)14-20(2)15-10-6-4-5-7-11-15/h8-9,12-13,15,17,19H,4-7,10-11,14H2,1-3H3. The van der Waals surface area contributed by atoms with E-state index >= 15 is 0 Å². The maximum absolute atomic E-state index is 5.52. The largest absolute Gasteiger partial charge is 0.496 e. The van der Waals surface area contributed by atoms with Gasteiger partial charge in [-0.05, 0) is 33.0 Å². The number of para-hydroxylation sites is 1. The zero-order valence-electron chi connectivity index (χ0n) is 13.8. The average Bonchev–Trinajstić information content (AvgIpc) is 2.81. The summed E-state index contributed by atoms with van der Waals surface area (Å²) in [5.74, 6) is 0.978. The Hall–Kier alpha value is -1.06. The van der Waals surface area contributed by atoms with E-state index in [4.69, 9.17) is 4.74 Å². The monoisotopic (exact) mass is 290 g/mol. The molecule has 1 saturated carbocycles. The topological polar surface area (TPSA) is 24.5 Å². The van der Waals surface area contributed by atoms with E-state index in [-0.39, 0.29) is 0 Å². The Morgan fingerprint density at radius 3 is 2.48 bits per heavy atom. The number of hydrogen-bond acceptors (Lipinski definition) is 3. The molecule has 1 aromatic rings. The molecule has 1 atom stereocenters. The minimum Gasteiger partial charge on any atom is -0.496 e. The highest BCUT2D eigenvalue weighted by molar-refractivity contribution is 5.36. The average molecular weight is 290 g/mol. The van der Waals surface area contributed by atoms with Gasteiger partial charge in [0.1, 0.15) is 5.75 Å². The van der Waals surface area contributed by atoms with Gasteiger partial charge in [-0.15, -0.1) is 0 Å². The summed E-state index contributed by atoms with van der Waals surface area (Å²) in [6.45, 7) is 1.03. The number of likely N-dealkylation sites (N-methyl/N-ethyl adjacent to an activating group) is 2. The molecule has 118 valence electrons. The van der Waals surface area contributed by atoms with E-state index in [0.717, 1.165) is 18.3 Å².